The lowest BCUT2D eigenvalue weighted by Gasteiger charge is -2.10. The molecule has 0 saturated heterocycles. The van der Waals surface area contributed by atoms with Gasteiger partial charge in [-0.25, -0.2) is 4.98 Å². The topological polar surface area (TPSA) is 96.1 Å². The van der Waals surface area contributed by atoms with Crippen LogP contribution in [0.25, 0.3) is 22.0 Å². The van der Waals surface area contributed by atoms with Crippen LogP contribution in [0.2, 0.25) is 0 Å². The zero-order valence-electron chi connectivity index (χ0n) is 17.2. The highest BCUT2D eigenvalue weighted by atomic mass is 32.1. The molecular weight excluding hydrogens is 398 g/mol. The normalized spacial score (nSPS) is 10.8. The van der Waals surface area contributed by atoms with E-state index in [9.17, 15) is 10.1 Å². The predicted molar refractivity (Wildman–Crippen MR) is 117 cm³/mol. The molecule has 154 valence electrons. The fourth-order valence-electron chi connectivity index (χ4n) is 2.97. The number of hydrogen-bond acceptors (Lipinski definition) is 6. The van der Waals surface area contributed by atoms with Gasteiger partial charge in [0, 0.05) is 17.5 Å². The van der Waals surface area contributed by atoms with Crippen molar-refractivity contribution in [2.24, 2.45) is 5.92 Å². The van der Waals surface area contributed by atoms with Gasteiger partial charge in [-0.05, 0) is 60.1 Å². The number of carboxylic acids is 1. The molecule has 0 aliphatic carbocycles. The molecule has 0 fully saturated rings. The van der Waals surface area contributed by atoms with Crippen LogP contribution in [-0.2, 0) is 11.2 Å². The number of aryl methyl sites for hydroxylation is 2. The molecule has 0 aliphatic heterocycles. The quantitative estimate of drug-likeness (QED) is 0.543. The van der Waals surface area contributed by atoms with Gasteiger partial charge in [-0.3, -0.25) is 4.79 Å². The SMILES string of the molecule is Cc1cc(CCC(=O)O)ccc1-c1nsc(-c2ccc(OCC(C)C)c(C#N)c2)n1. The highest BCUT2D eigenvalue weighted by molar-refractivity contribution is 7.09. The van der Waals surface area contributed by atoms with Crippen molar-refractivity contribution >= 4 is 17.5 Å². The molecule has 0 unspecified atom stereocenters. The Balaban J connectivity index is 1.82. The Hall–Kier alpha value is -3.24. The van der Waals surface area contributed by atoms with Gasteiger partial charge < -0.3 is 9.84 Å². The molecule has 0 saturated carbocycles. The Morgan fingerprint density at radius 3 is 2.73 bits per heavy atom. The Kier molecular flexibility index (Phi) is 6.80. The van der Waals surface area contributed by atoms with Crippen LogP contribution in [0.4, 0.5) is 0 Å². The lowest BCUT2D eigenvalue weighted by molar-refractivity contribution is -0.136. The number of hydrogen-bond donors (Lipinski definition) is 1. The Labute approximate surface area is 180 Å². The van der Waals surface area contributed by atoms with Crippen LogP contribution >= 0.6 is 11.5 Å². The van der Waals surface area contributed by atoms with E-state index in [0.717, 1.165) is 27.3 Å². The number of aliphatic carboxylic acids is 1. The van der Waals surface area contributed by atoms with E-state index in [1.807, 2.05) is 31.2 Å². The summed E-state index contributed by atoms with van der Waals surface area (Å²) in [7, 11) is 0. The van der Waals surface area contributed by atoms with Crippen LogP contribution < -0.4 is 4.74 Å². The maximum absolute atomic E-state index is 10.8. The van der Waals surface area contributed by atoms with Crippen molar-refractivity contribution in [3.8, 4) is 33.8 Å². The number of rotatable bonds is 8. The Morgan fingerprint density at radius 2 is 2.07 bits per heavy atom. The number of benzene rings is 2. The van der Waals surface area contributed by atoms with Crippen LogP contribution in [0.15, 0.2) is 36.4 Å². The number of nitrogens with zero attached hydrogens (tertiary/aromatic N) is 3. The zero-order chi connectivity index (χ0) is 21.7. The molecule has 1 heterocycles. The summed E-state index contributed by atoms with van der Waals surface area (Å²) in [6.45, 7) is 6.64. The summed E-state index contributed by atoms with van der Waals surface area (Å²) in [5.74, 6) is 0.768. The molecule has 3 aromatic rings. The number of aromatic nitrogens is 2. The average molecular weight is 422 g/mol. The third kappa shape index (κ3) is 5.22. The van der Waals surface area contributed by atoms with Gasteiger partial charge in [0.1, 0.15) is 16.8 Å². The molecule has 3 rings (SSSR count). The third-order valence-electron chi connectivity index (χ3n) is 4.50. The summed E-state index contributed by atoms with van der Waals surface area (Å²) < 4.78 is 10.2. The lowest BCUT2D eigenvalue weighted by Crippen LogP contribution is -2.05. The van der Waals surface area contributed by atoms with E-state index < -0.39 is 5.97 Å². The van der Waals surface area contributed by atoms with E-state index in [1.54, 1.807) is 12.1 Å². The van der Waals surface area contributed by atoms with Gasteiger partial charge >= 0.3 is 5.97 Å². The molecule has 6 nitrogen and oxygen atoms in total. The first-order valence-corrected chi connectivity index (χ1v) is 10.5. The Morgan fingerprint density at radius 1 is 1.27 bits per heavy atom. The van der Waals surface area contributed by atoms with Crippen molar-refractivity contribution in [2.45, 2.75) is 33.6 Å². The zero-order valence-corrected chi connectivity index (χ0v) is 18.0. The van der Waals surface area contributed by atoms with Crippen LogP contribution in [0, 0.1) is 24.2 Å². The van der Waals surface area contributed by atoms with Crippen LogP contribution in [0.3, 0.4) is 0 Å². The maximum atomic E-state index is 10.8. The summed E-state index contributed by atoms with van der Waals surface area (Å²) in [4.78, 5) is 15.4. The van der Waals surface area contributed by atoms with E-state index in [2.05, 4.69) is 29.3 Å². The average Bonchev–Trinajstić information content (AvgIpc) is 3.20. The molecule has 0 spiro atoms. The number of carbonyl (C=O) groups is 1. The van der Waals surface area contributed by atoms with Crippen molar-refractivity contribution in [3.05, 3.63) is 53.1 Å². The highest BCUT2D eigenvalue weighted by Crippen LogP contribution is 2.31. The second-order valence-electron chi connectivity index (χ2n) is 7.49. The largest absolute Gasteiger partial charge is 0.492 e. The fourth-order valence-corrected chi connectivity index (χ4v) is 3.64. The monoisotopic (exact) mass is 421 g/mol. The molecule has 0 aliphatic rings. The number of carboxylic acid groups (broad SMARTS) is 1. The van der Waals surface area contributed by atoms with Crippen LogP contribution in [0.5, 0.6) is 5.75 Å². The van der Waals surface area contributed by atoms with E-state index in [-0.39, 0.29) is 6.42 Å². The first-order chi connectivity index (χ1) is 14.4. The Bertz CT molecular complexity index is 1100. The molecule has 0 radical (unpaired) electrons. The number of nitriles is 1. The second-order valence-corrected chi connectivity index (χ2v) is 8.25. The van der Waals surface area contributed by atoms with Gasteiger partial charge in [0.15, 0.2) is 5.82 Å². The van der Waals surface area contributed by atoms with Crippen molar-refractivity contribution < 1.29 is 14.6 Å². The van der Waals surface area contributed by atoms with Crippen molar-refractivity contribution in [1.82, 2.24) is 9.36 Å². The molecule has 1 N–H and O–H groups in total. The molecule has 0 amide bonds. The van der Waals surface area contributed by atoms with Gasteiger partial charge in [-0.1, -0.05) is 32.0 Å². The standard InChI is InChI=1S/C23H23N3O3S/c1-14(2)13-29-20-8-6-17(11-18(20)12-24)23-25-22(26-30-23)19-7-4-16(10-15(19)3)5-9-21(27)28/h4,6-8,10-11,14H,5,9,13H2,1-3H3,(H,27,28). The van der Waals surface area contributed by atoms with Gasteiger partial charge in [-0.15, -0.1) is 0 Å². The smallest absolute Gasteiger partial charge is 0.303 e. The van der Waals surface area contributed by atoms with Gasteiger partial charge in [0.25, 0.3) is 0 Å². The van der Waals surface area contributed by atoms with E-state index in [4.69, 9.17) is 9.84 Å². The second kappa shape index (κ2) is 9.51. The maximum Gasteiger partial charge on any atom is 0.303 e. The third-order valence-corrected chi connectivity index (χ3v) is 5.27. The lowest BCUT2D eigenvalue weighted by atomic mass is 10.0. The summed E-state index contributed by atoms with van der Waals surface area (Å²) in [5.41, 5.74) is 4.18. The fraction of sp³-hybridized carbons (Fsp3) is 0.304. The van der Waals surface area contributed by atoms with Crippen LogP contribution in [-0.4, -0.2) is 27.0 Å². The molecular formula is C23H23N3O3S. The first-order valence-electron chi connectivity index (χ1n) is 9.70. The molecule has 1 aromatic heterocycles. The van der Waals surface area contributed by atoms with Gasteiger partial charge in [0.05, 0.1) is 12.2 Å². The van der Waals surface area contributed by atoms with Crippen LogP contribution in [0.1, 0.15) is 37.0 Å². The van der Waals surface area contributed by atoms with Gasteiger partial charge in [0.2, 0.25) is 0 Å². The molecule has 0 bridgehead atoms. The molecule has 0 atom stereocenters. The molecule has 2 aromatic carbocycles. The summed E-state index contributed by atoms with van der Waals surface area (Å²) >= 11 is 1.28. The molecule has 30 heavy (non-hydrogen) atoms. The molecule has 7 heteroatoms. The minimum atomic E-state index is -0.806. The summed E-state index contributed by atoms with van der Waals surface area (Å²) in [5, 5.41) is 19.1. The predicted octanol–water partition coefficient (Wildman–Crippen LogP) is 5.10. The minimum Gasteiger partial charge on any atom is -0.492 e. The van der Waals surface area contributed by atoms with E-state index in [0.29, 0.717) is 36.1 Å². The van der Waals surface area contributed by atoms with Crippen molar-refractivity contribution in [3.63, 3.8) is 0 Å². The first kappa shape index (κ1) is 21.5. The minimum absolute atomic E-state index is 0.107. The van der Waals surface area contributed by atoms with E-state index in [1.165, 1.54) is 11.5 Å². The van der Waals surface area contributed by atoms with E-state index >= 15 is 0 Å². The van der Waals surface area contributed by atoms with Crippen molar-refractivity contribution in [2.75, 3.05) is 6.61 Å². The van der Waals surface area contributed by atoms with Crippen molar-refractivity contribution in [1.29, 1.82) is 5.26 Å². The highest BCUT2D eigenvalue weighted by Gasteiger charge is 2.14. The summed E-state index contributed by atoms with van der Waals surface area (Å²) in [6, 6.07) is 13.5. The van der Waals surface area contributed by atoms with Gasteiger partial charge in [-0.2, -0.15) is 9.64 Å². The summed E-state index contributed by atoms with van der Waals surface area (Å²) in [6.07, 6.45) is 0.602. The number of ether oxygens (including phenoxy) is 1.